The lowest BCUT2D eigenvalue weighted by Gasteiger charge is -2.07. The molecule has 4 aromatic rings. The minimum Gasteiger partial charge on any atom is -0.451 e. The summed E-state index contributed by atoms with van der Waals surface area (Å²) < 4.78 is 12.0. The summed E-state index contributed by atoms with van der Waals surface area (Å²) in [5.41, 5.74) is 3.02. The zero-order valence-electron chi connectivity index (χ0n) is 17.1. The number of hydrogen-bond acceptors (Lipinski definition) is 8. The first-order chi connectivity index (χ1) is 15.1. The lowest BCUT2D eigenvalue weighted by atomic mass is 10.1. The molecular formula is C22H20N6O3. The summed E-state index contributed by atoms with van der Waals surface area (Å²) in [5.74, 6) is 0.460. The van der Waals surface area contributed by atoms with E-state index in [0.29, 0.717) is 11.6 Å². The van der Waals surface area contributed by atoms with Crippen LogP contribution in [-0.4, -0.2) is 36.3 Å². The van der Waals surface area contributed by atoms with Crippen molar-refractivity contribution < 1.29 is 14.1 Å². The first-order valence-corrected chi connectivity index (χ1v) is 9.75. The predicted molar refractivity (Wildman–Crippen MR) is 112 cm³/mol. The number of ether oxygens (including phenoxy) is 1. The van der Waals surface area contributed by atoms with Crippen LogP contribution >= 0.6 is 0 Å². The minimum atomic E-state index is -0.619. The molecule has 0 unspecified atom stereocenters. The molecule has 0 spiro atoms. The van der Waals surface area contributed by atoms with Crippen LogP contribution in [0.2, 0.25) is 0 Å². The molecule has 9 heteroatoms. The van der Waals surface area contributed by atoms with Crippen molar-refractivity contribution in [2.45, 2.75) is 26.9 Å². The SMILES string of the molecule is CCc1ccc(-c2noc(COC(=O)/C(=C/c3ccccc3)n3nnnc3C)n2)cc1. The number of carbonyl (C=O) groups is 1. The number of carbonyl (C=O) groups excluding carboxylic acids is 1. The summed E-state index contributed by atoms with van der Waals surface area (Å²) in [6, 6.07) is 17.2. The molecule has 0 radical (unpaired) electrons. The topological polar surface area (TPSA) is 109 Å². The van der Waals surface area contributed by atoms with Crippen LogP contribution in [0.15, 0.2) is 59.1 Å². The molecule has 4 rings (SSSR count). The smallest absolute Gasteiger partial charge is 0.357 e. The molecule has 2 heterocycles. The number of aryl methyl sites for hydroxylation is 2. The van der Waals surface area contributed by atoms with E-state index in [1.807, 2.05) is 54.6 Å². The average Bonchev–Trinajstić information content (AvgIpc) is 3.46. The lowest BCUT2D eigenvalue weighted by Crippen LogP contribution is -2.15. The zero-order chi connectivity index (χ0) is 21.6. The van der Waals surface area contributed by atoms with Gasteiger partial charge in [-0.05, 0) is 41.0 Å². The van der Waals surface area contributed by atoms with Gasteiger partial charge in [0, 0.05) is 5.56 Å². The molecule has 0 bridgehead atoms. The van der Waals surface area contributed by atoms with Gasteiger partial charge in [-0.1, -0.05) is 66.7 Å². The van der Waals surface area contributed by atoms with E-state index >= 15 is 0 Å². The molecular weight excluding hydrogens is 396 g/mol. The first kappa shape index (κ1) is 20.1. The summed E-state index contributed by atoms with van der Waals surface area (Å²) in [7, 11) is 0. The van der Waals surface area contributed by atoms with Gasteiger partial charge < -0.3 is 9.26 Å². The maximum atomic E-state index is 12.8. The fourth-order valence-electron chi connectivity index (χ4n) is 2.89. The van der Waals surface area contributed by atoms with E-state index in [1.165, 1.54) is 10.2 Å². The lowest BCUT2D eigenvalue weighted by molar-refractivity contribution is -0.139. The summed E-state index contributed by atoms with van der Waals surface area (Å²) in [5, 5.41) is 15.3. The molecule has 0 aliphatic carbocycles. The molecule has 2 aromatic heterocycles. The monoisotopic (exact) mass is 416 g/mol. The maximum Gasteiger partial charge on any atom is 0.357 e. The van der Waals surface area contributed by atoms with Crippen LogP contribution in [0.25, 0.3) is 23.2 Å². The van der Waals surface area contributed by atoms with Gasteiger partial charge in [-0.25, -0.2) is 4.79 Å². The molecule has 0 saturated carbocycles. The molecule has 2 aromatic carbocycles. The highest BCUT2D eigenvalue weighted by atomic mass is 16.6. The molecule has 0 N–H and O–H groups in total. The van der Waals surface area contributed by atoms with E-state index in [-0.39, 0.29) is 18.2 Å². The number of hydrogen-bond donors (Lipinski definition) is 0. The Labute approximate surface area is 178 Å². The molecule has 0 aliphatic heterocycles. The highest BCUT2D eigenvalue weighted by Gasteiger charge is 2.19. The van der Waals surface area contributed by atoms with Crippen molar-refractivity contribution in [1.82, 2.24) is 30.3 Å². The third-order valence-corrected chi connectivity index (χ3v) is 4.58. The number of nitrogens with zero attached hydrogens (tertiary/aromatic N) is 6. The summed E-state index contributed by atoms with van der Waals surface area (Å²) in [6.07, 6.45) is 2.60. The second-order valence-corrected chi connectivity index (χ2v) is 6.72. The van der Waals surface area contributed by atoms with E-state index in [1.54, 1.807) is 13.0 Å². The number of rotatable bonds is 7. The number of benzene rings is 2. The van der Waals surface area contributed by atoms with Crippen LogP contribution in [0.4, 0.5) is 0 Å². The van der Waals surface area contributed by atoms with Crippen LogP contribution in [0.1, 0.15) is 29.8 Å². The van der Waals surface area contributed by atoms with Crippen molar-refractivity contribution in [3.63, 3.8) is 0 Å². The highest BCUT2D eigenvalue weighted by Crippen LogP contribution is 2.18. The molecule has 31 heavy (non-hydrogen) atoms. The fourth-order valence-corrected chi connectivity index (χ4v) is 2.89. The van der Waals surface area contributed by atoms with Crippen molar-refractivity contribution in [2.75, 3.05) is 0 Å². The summed E-state index contributed by atoms with van der Waals surface area (Å²) in [6.45, 7) is 3.61. The Morgan fingerprint density at radius 2 is 1.90 bits per heavy atom. The summed E-state index contributed by atoms with van der Waals surface area (Å²) >= 11 is 0. The minimum absolute atomic E-state index is 0.170. The molecule has 0 fully saturated rings. The van der Waals surface area contributed by atoms with Gasteiger partial charge in [0.2, 0.25) is 5.82 Å². The van der Waals surface area contributed by atoms with Crippen LogP contribution in [0, 0.1) is 6.92 Å². The van der Waals surface area contributed by atoms with Crippen LogP contribution < -0.4 is 0 Å². The third-order valence-electron chi connectivity index (χ3n) is 4.58. The van der Waals surface area contributed by atoms with Gasteiger partial charge in [-0.2, -0.15) is 9.67 Å². The number of tetrazole rings is 1. The predicted octanol–water partition coefficient (Wildman–Crippen LogP) is 3.34. The Hall–Kier alpha value is -4.14. The fraction of sp³-hybridized carbons (Fsp3) is 0.182. The van der Waals surface area contributed by atoms with E-state index < -0.39 is 5.97 Å². The molecule has 0 aliphatic rings. The van der Waals surface area contributed by atoms with Crippen molar-refractivity contribution in [1.29, 1.82) is 0 Å². The van der Waals surface area contributed by atoms with Gasteiger partial charge in [0.25, 0.3) is 5.89 Å². The van der Waals surface area contributed by atoms with Gasteiger partial charge in [-0.15, -0.1) is 5.10 Å². The van der Waals surface area contributed by atoms with Gasteiger partial charge in [0.1, 0.15) is 0 Å². The molecule has 0 atom stereocenters. The molecule has 0 amide bonds. The maximum absolute atomic E-state index is 12.8. The standard InChI is InChI=1S/C22H20N6O3/c1-3-16-9-11-18(12-10-16)21-23-20(31-25-21)14-30-22(29)19(28-15(2)24-26-27-28)13-17-7-5-4-6-8-17/h4-13H,3,14H2,1-2H3/b19-13-. The first-order valence-electron chi connectivity index (χ1n) is 9.75. The second kappa shape index (κ2) is 9.12. The Morgan fingerprint density at radius 3 is 2.58 bits per heavy atom. The van der Waals surface area contributed by atoms with Crippen molar-refractivity contribution >= 4 is 17.7 Å². The van der Waals surface area contributed by atoms with Crippen LogP contribution in [0.5, 0.6) is 0 Å². The Morgan fingerprint density at radius 1 is 1.13 bits per heavy atom. The average molecular weight is 416 g/mol. The van der Waals surface area contributed by atoms with Crippen molar-refractivity contribution in [3.05, 3.63) is 77.4 Å². The molecule has 156 valence electrons. The van der Waals surface area contributed by atoms with Crippen molar-refractivity contribution in [2.24, 2.45) is 0 Å². The van der Waals surface area contributed by atoms with Gasteiger partial charge in [0.05, 0.1) is 0 Å². The largest absolute Gasteiger partial charge is 0.451 e. The van der Waals surface area contributed by atoms with E-state index in [2.05, 4.69) is 32.6 Å². The van der Waals surface area contributed by atoms with Gasteiger partial charge in [-0.3, -0.25) is 0 Å². The van der Waals surface area contributed by atoms with E-state index in [9.17, 15) is 4.79 Å². The van der Waals surface area contributed by atoms with E-state index in [4.69, 9.17) is 9.26 Å². The van der Waals surface area contributed by atoms with Crippen LogP contribution in [-0.2, 0) is 22.6 Å². The Kier molecular flexibility index (Phi) is 5.93. The second-order valence-electron chi connectivity index (χ2n) is 6.72. The normalized spacial score (nSPS) is 11.5. The van der Waals surface area contributed by atoms with Gasteiger partial charge >= 0.3 is 5.97 Å². The van der Waals surface area contributed by atoms with E-state index in [0.717, 1.165) is 17.5 Å². The Bertz CT molecular complexity index is 1200. The number of esters is 1. The highest BCUT2D eigenvalue weighted by molar-refractivity contribution is 6.15. The number of aromatic nitrogens is 6. The zero-order valence-corrected chi connectivity index (χ0v) is 17.1. The third kappa shape index (κ3) is 4.72. The van der Waals surface area contributed by atoms with Crippen molar-refractivity contribution in [3.8, 4) is 11.4 Å². The molecule has 0 saturated heterocycles. The summed E-state index contributed by atoms with van der Waals surface area (Å²) in [4.78, 5) is 17.1. The Balaban J connectivity index is 1.50. The van der Waals surface area contributed by atoms with Crippen LogP contribution in [0.3, 0.4) is 0 Å². The quantitative estimate of drug-likeness (QED) is 0.333. The molecule has 9 nitrogen and oxygen atoms in total. The van der Waals surface area contributed by atoms with Gasteiger partial charge in [0.15, 0.2) is 18.1 Å².